The van der Waals surface area contributed by atoms with Crippen LogP contribution in [0.1, 0.15) is 18.1 Å². The van der Waals surface area contributed by atoms with Crippen molar-refractivity contribution < 1.29 is 41.9 Å². The van der Waals surface area contributed by atoms with Gasteiger partial charge in [-0.05, 0) is 33.8 Å². The monoisotopic (exact) mass is 493 g/mol. The average molecular weight is 494 g/mol. The first-order valence-corrected chi connectivity index (χ1v) is 10.1. The minimum atomic E-state index is -4.63. The standard InChI is InChI=1S/C18H13ClF3N2O7P/c1-3-10-6-13(24(27)28)16(32(29)31-23-9(2)17(25)26)8-15(10)30-14-5-4-11(7-12(14)19)18(20,21)22/h4-8,23H,2-3H2,1H3/p+1. The van der Waals surface area contributed by atoms with Crippen LogP contribution < -0.4 is 15.5 Å². The number of halogens is 4. The summed E-state index contributed by atoms with van der Waals surface area (Å²) in [6, 6.07) is 4.44. The van der Waals surface area contributed by atoms with Crippen LogP contribution in [0.5, 0.6) is 11.5 Å². The van der Waals surface area contributed by atoms with Gasteiger partial charge in [-0.3, -0.25) is 10.1 Å². The molecule has 14 heteroatoms. The number of hydrogen-bond donors (Lipinski definition) is 2. The van der Waals surface area contributed by atoms with E-state index in [1.807, 2.05) is 0 Å². The van der Waals surface area contributed by atoms with Crippen molar-refractivity contribution in [3.63, 3.8) is 0 Å². The number of hydroxylamine groups is 1. The van der Waals surface area contributed by atoms with E-state index in [-0.39, 0.29) is 28.5 Å². The molecule has 0 saturated heterocycles. The van der Waals surface area contributed by atoms with Crippen molar-refractivity contribution in [1.29, 1.82) is 0 Å². The predicted octanol–water partition coefficient (Wildman–Crippen LogP) is 5.11. The molecular weight excluding hydrogens is 480 g/mol. The Morgan fingerprint density at radius 2 is 1.97 bits per heavy atom. The molecule has 0 radical (unpaired) electrons. The van der Waals surface area contributed by atoms with Gasteiger partial charge in [-0.2, -0.15) is 13.2 Å². The van der Waals surface area contributed by atoms with Crippen LogP contribution in [0.2, 0.25) is 5.02 Å². The fraction of sp³-hybridized carbons (Fsp3) is 0.167. The normalized spacial score (nSPS) is 11.6. The van der Waals surface area contributed by atoms with Crippen LogP contribution in [0.4, 0.5) is 18.9 Å². The van der Waals surface area contributed by atoms with E-state index in [1.165, 1.54) is 0 Å². The number of rotatable bonds is 9. The molecule has 0 spiro atoms. The van der Waals surface area contributed by atoms with E-state index in [9.17, 15) is 32.6 Å². The smallest absolute Gasteiger partial charge is 0.477 e. The number of alkyl halides is 3. The quantitative estimate of drug-likeness (QED) is 0.213. The van der Waals surface area contributed by atoms with Crippen molar-refractivity contribution in [3.05, 3.63) is 68.9 Å². The maximum atomic E-state index is 12.8. The number of nitrogens with zero attached hydrogens (tertiary/aromatic N) is 1. The van der Waals surface area contributed by atoms with E-state index in [0.717, 1.165) is 24.3 Å². The number of benzene rings is 2. The minimum absolute atomic E-state index is 0.0706. The lowest BCUT2D eigenvalue weighted by Crippen LogP contribution is -2.19. The topological polar surface area (TPSA) is 128 Å². The summed E-state index contributed by atoms with van der Waals surface area (Å²) in [7, 11) is -3.01. The van der Waals surface area contributed by atoms with Gasteiger partial charge in [0.05, 0.1) is 15.5 Å². The number of carboxylic acid groups (broad SMARTS) is 1. The van der Waals surface area contributed by atoms with Crippen LogP contribution in [0.15, 0.2) is 42.6 Å². The van der Waals surface area contributed by atoms with Crippen LogP contribution in [0.25, 0.3) is 0 Å². The van der Waals surface area contributed by atoms with Crippen LogP contribution in [-0.4, -0.2) is 16.0 Å². The van der Waals surface area contributed by atoms with Crippen molar-refractivity contribution in [2.24, 2.45) is 0 Å². The van der Waals surface area contributed by atoms with E-state index in [4.69, 9.17) is 21.4 Å². The highest BCUT2D eigenvalue weighted by molar-refractivity contribution is 7.48. The second kappa shape index (κ2) is 9.94. The number of aryl methyl sites for hydroxylation is 1. The molecule has 1 atom stereocenters. The highest BCUT2D eigenvalue weighted by Gasteiger charge is 2.37. The van der Waals surface area contributed by atoms with Crippen molar-refractivity contribution in [2.45, 2.75) is 19.5 Å². The number of nitro groups is 1. The first kappa shape index (κ1) is 25.1. The molecule has 0 heterocycles. The zero-order chi connectivity index (χ0) is 24.2. The lowest BCUT2D eigenvalue weighted by Gasteiger charge is -2.13. The Balaban J connectivity index is 2.46. The maximum absolute atomic E-state index is 12.8. The zero-order valence-electron chi connectivity index (χ0n) is 16.1. The highest BCUT2D eigenvalue weighted by Crippen LogP contribution is 2.39. The molecule has 0 aromatic heterocycles. The molecule has 0 bridgehead atoms. The molecule has 2 aromatic carbocycles. The van der Waals surface area contributed by atoms with E-state index >= 15 is 0 Å². The average Bonchev–Trinajstić information content (AvgIpc) is 2.71. The fourth-order valence-corrected chi connectivity index (χ4v) is 3.40. The summed E-state index contributed by atoms with van der Waals surface area (Å²) >= 11 is 5.89. The fourth-order valence-electron chi connectivity index (χ4n) is 2.33. The largest absolute Gasteiger partial charge is 0.580 e. The number of hydrogen-bond acceptors (Lipinski definition) is 7. The van der Waals surface area contributed by atoms with Gasteiger partial charge in [0, 0.05) is 17.7 Å². The SMILES string of the molecule is C=C(NO[P+](=O)c1cc(Oc2ccc(C(F)(F)F)cc2Cl)c(CC)cc1[N+](=O)[O-])C(=O)O. The molecule has 170 valence electrons. The molecular formula is C18H14ClF3N2O7P+. The van der Waals surface area contributed by atoms with E-state index in [0.29, 0.717) is 6.07 Å². The first-order chi connectivity index (χ1) is 14.8. The lowest BCUT2D eigenvalue weighted by molar-refractivity contribution is -0.383. The molecule has 2 N–H and O–H groups in total. The van der Waals surface area contributed by atoms with Crippen LogP contribution in [0.3, 0.4) is 0 Å². The summed E-state index contributed by atoms with van der Waals surface area (Å²) in [6.07, 6.45) is -4.42. The first-order valence-electron chi connectivity index (χ1n) is 8.53. The maximum Gasteiger partial charge on any atom is 0.580 e. The number of nitrogens with one attached hydrogen (secondary N) is 1. The van der Waals surface area contributed by atoms with E-state index < -0.39 is 47.3 Å². The Morgan fingerprint density at radius 3 is 2.47 bits per heavy atom. The van der Waals surface area contributed by atoms with Crippen molar-refractivity contribution in [2.75, 3.05) is 0 Å². The Kier molecular flexibility index (Phi) is 7.78. The third-order valence-electron chi connectivity index (χ3n) is 3.92. The van der Waals surface area contributed by atoms with Gasteiger partial charge in [-0.15, -0.1) is 0 Å². The second-order valence-electron chi connectivity index (χ2n) is 6.04. The summed E-state index contributed by atoms with van der Waals surface area (Å²) in [5.41, 5.74) is -0.205. The Hall–Kier alpha value is -3.21. The zero-order valence-corrected chi connectivity index (χ0v) is 17.8. The molecule has 2 rings (SSSR count). The molecule has 0 aliphatic rings. The van der Waals surface area contributed by atoms with Crippen LogP contribution in [-0.2, 0) is 26.6 Å². The predicted molar refractivity (Wildman–Crippen MR) is 107 cm³/mol. The van der Waals surface area contributed by atoms with E-state index in [2.05, 4.69) is 11.2 Å². The van der Waals surface area contributed by atoms with Gasteiger partial charge in [0.1, 0.15) is 17.2 Å². The molecule has 0 fully saturated rings. The molecule has 2 aromatic rings. The number of aliphatic carboxylic acids is 1. The molecule has 9 nitrogen and oxygen atoms in total. The van der Waals surface area contributed by atoms with Crippen LogP contribution in [0, 0.1) is 10.1 Å². The Morgan fingerprint density at radius 1 is 1.31 bits per heavy atom. The molecule has 0 saturated carbocycles. The lowest BCUT2D eigenvalue weighted by atomic mass is 10.1. The molecule has 1 unspecified atom stereocenters. The van der Waals surface area contributed by atoms with Gasteiger partial charge in [-0.1, -0.05) is 25.1 Å². The molecule has 0 aliphatic carbocycles. The summed E-state index contributed by atoms with van der Waals surface area (Å²) in [6.45, 7) is 4.73. The third kappa shape index (κ3) is 5.94. The number of carboxylic acids is 1. The number of carbonyl (C=O) groups is 1. The Bertz CT molecular complexity index is 1110. The second-order valence-corrected chi connectivity index (χ2v) is 7.62. The molecule has 32 heavy (non-hydrogen) atoms. The summed E-state index contributed by atoms with van der Waals surface area (Å²) in [5.74, 6) is -1.76. The van der Waals surface area contributed by atoms with E-state index in [1.54, 1.807) is 12.4 Å². The van der Waals surface area contributed by atoms with Gasteiger partial charge in [-0.25, -0.2) is 10.3 Å². The van der Waals surface area contributed by atoms with Crippen molar-refractivity contribution in [1.82, 2.24) is 5.48 Å². The molecule has 0 amide bonds. The van der Waals surface area contributed by atoms with Crippen molar-refractivity contribution in [3.8, 4) is 11.5 Å². The minimum Gasteiger partial charge on any atom is -0.477 e. The van der Waals surface area contributed by atoms with Gasteiger partial charge in [0.15, 0.2) is 0 Å². The Labute approximate surface area is 184 Å². The summed E-state index contributed by atoms with van der Waals surface area (Å²) in [4.78, 5) is 21.3. The third-order valence-corrected chi connectivity index (χ3v) is 5.23. The van der Waals surface area contributed by atoms with Gasteiger partial charge in [0.25, 0.3) is 0 Å². The number of ether oxygens (including phenoxy) is 1. The van der Waals surface area contributed by atoms with Gasteiger partial charge >= 0.3 is 31.2 Å². The summed E-state index contributed by atoms with van der Waals surface area (Å²) in [5, 5.41) is 19.3. The number of nitro benzene ring substituents is 1. The van der Waals surface area contributed by atoms with Gasteiger partial charge in [0.2, 0.25) is 0 Å². The van der Waals surface area contributed by atoms with Crippen LogP contribution >= 0.6 is 19.6 Å². The van der Waals surface area contributed by atoms with Gasteiger partial charge < -0.3 is 9.84 Å². The van der Waals surface area contributed by atoms with Crippen molar-refractivity contribution >= 4 is 36.6 Å². The summed E-state index contributed by atoms with van der Waals surface area (Å²) < 4.78 is 61.1. The highest BCUT2D eigenvalue weighted by atomic mass is 35.5. The molecule has 0 aliphatic heterocycles.